The summed E-state index contributed by atoms with van der Waals surface area (Å²) in [7, 11) is 0. The second-order valence-electron chi connectivity index (χ2n) is 38.3. The zero-order valence-electron chi connectivity index (χ0n) is 90.2. The zero-order valence-corrected chi connectivity index (χ0v) is 108. The molecule has 0 atom stereocenters. The fourth-order valence-electron chi connectivity index (χ4n) is 19.0. The Labute approximate surface area is 936 Å². The van der Waals surface area contributed by atoms with E-state index in [0.717, 1.165) is 44.5 Å². The molecule has 0 unspecified atom stereocenters. The number of unbranched alkanes of at least 4 members (excludes halogenated alkanes) is 12. The topological polar surface area (TPSA) is 164 Å². The molecule has 0 saturated heterocycles. The van der Waals surface area contributed by atoms with Gasteiger partial charge in [-0.3, -0.25) is 10.4 Å². The van der Waals surface area contributed by atoms with Gasteiger partial charge in [0.2, 0.25) is 0 Å². The van der Waals surface area contributed by atoms with Gasteiger partial charge in [0.25, 0.3) is 0 Å². The Hall–Kier alpha value is -6.18. The smallest absolute Gasteiger partial charge is 0.292 e. The molecule has 0 aliphatic rings. The maximum Gasteiger partial charge on any atom is 1.00 e. The molecule has 144 heavy (non-hydrogen) atoms. The van der Waals surface area contributed by atoms with Crippen LogP contribution in [0, 0.1) is 26.6 Å². The van der Waals surface area contributed by atoms with Gasteiger partial charge >= 0.3 is 660 Å². The van der Waals surface area contributed by atoms with Crippen molar-refractivity contribution in [2.24, 2.45) is 0 Å². The Balaban J connectivity index is 0.000000358. The molecule has 0 amide bonds. The zero-order chi connectivity index (χ0) is 103. The number of rotatable bonds is 54. The van der Waals surface area contributed by atoms with Crippen LogP contribution >= 0.6 is 31.9 Å². The maximum absolute atomic E-state index is 9.48. The summed E-state index contributed by atoms with van der Waals surface area (Å²) in [5.74, 6) is 0. The van der Waals surface area contributed by atoms with Crippen LogP contribution in [0.5, 0.6) is 0 Å². The molecule has 0 radical (unpaired) electrons. The summed E-state index contributed by atoms with van der Waals surface area (Å²) in [5, 5.41) is 46.5. The molecule has 0 fully saturated rings. The van der Waals surface area contributed by atoms with Gasteiger partial charge in [-0.25, -0.2) is 19.0 Å². The van der Waals surface area contributed by atoms with Crippen LogP contribution in [0.3, 0.4) is 0 Å². The first-order valence-electron chi connectivity index (χ1n) is 53.5. The molecule has 12 aromatic rings. The number of benzene rings is 9. The first kappa shape index (κ1) is 130. The molecular formula is C119H171Br3N15NaO2Sn4. The van der Waals surface area contributed by atoms with Crippen LogP contribution in [0.15, 0.2) is 261 Å². The summed E-state index contributed by atoms with van der Waals surface area (Å²) in [5.41, 5.74) is 16.6. The third-order valence-corrected chi connectivity index (χ3v) is 91.0. The molecule has 0 spiro atoms. The van der Waals surface area contributed by atoms with Crippen LogP contribution in [0.25, 0.3) is 14.5 Å². The number of anilines is 3. The van der Waals surface area contributed by atoms with Crippen LogP contribution in [-0.4, -0.2) is 128 Å². The van der Waals surface area contributed by atoms with E-state index in [0.29, 0.717) is 23.6 Å². The summed E-state index contributed by atoms with van der Waals surface area (Å²) < 4.78 is 31.8. The van der Waals surface area contributed by atoms with Crippen molar-refractivity contribution in [1.82, 2.24) is 44.6 Å². The Kier molecular flexibility index (Phi) is 69.7. The first-order chi connectivity index (χ1) is 69.3. The van der Waals surface area contributed by atoms with Crippen LogP contribution in [0.4, 0.5) is 34.1 Å². The van der Waals surface area contributed by atoms with Gasteiger partial charge in [-0.1, -0.05) is 82.2 Å². The Morgan fingerprint density at radius 3 is 0.861 bits per heavy atom. The van der Waals surface area contributed by atoms with E-state index in [1.165, 1.54) is 209 Å². The second-order valence-corrected chi connectivity index (χ2v) is 92.7. The van der Waals surface area contributed by atoms with Crippen LogP contribution in [-0.2, 0) is 38.1 Å². The number of hydrogen-bond donors (Lipinski definition) is 3. The molecule has 0 bridgehead atoms. The Bertz CT molecular complexity index is 5180. The van der Waals surface area contributed by atoms with Gasteiger partial charge in [-0.15, -0.1) is 20.4 Å². The number of aliphatic hydroxyl groups is 2. The van der Waals surface area contributed by atoms with Crippen molar-refractivity contribution in [1.29, 1.82) is 0 Å². The number of aryl methyl sites for hydroxylation is 2. The number of halogens is 3. The fourth-order valence-corrected chi connectivity index (χ4v) is 84.3. The average molecular weight is 2580 g/mol. The molecule has 772 valence electrons. The molecule has 12 rings (SSSR count). The number of aliphatic hydroxyl groups excluding tert-OH is 2. The average Bonchev–Trinajstić information content (AvgIpc) is 0.874. The number of alkyl halides is 1. The molecule has 0 aliphatic carbocycles. The van der Waals surface area contributed by atoms with Crippen LogP contribution in [0.2, 0.25) is 53.2 Å². The molecule has 25 heteroatoms. The van der Waals surface area contributed by atoms with Crippen molar-refractivity contribution in [3.63, 3.8) is 0 Å². The van der Waals surface area contributed by atoms with E-state index in [9.17, 15) is 5.11 Å². The minimum Gasteiger partial charge on any atom is -0.292 e. The third-order valence-electron chi connectivity index (χ3n) is 27.4. The van der Waals surface area contributed by atoms with Crippen molar-refractivity contribution in [2.45, 2.75) is 342 Å². The SMILES string of the molecule is CCC[CH2][Sn]([CH2]CCC)([CH2]CCC)[c]1cccc(CBr)c1.CCC[CH2][Sn]([CH2]CCC)([CH2]CCC)[c]1cccc(CC)c1.CCC[CH2][Sn]([CH2]CCC)([CH2]CCC)[c]1cccc(CO)c1.OCc1cccc(Br)c1.[Br-].[C-]#[N+]c1ccc(N(Cc2ccc[c]([Sn]([CH2]CCC)([CH2]CCC)[CH2]CCC)c2)n2cnnc2)cc1.[C-]#[N+]c1ccc(N(Cc2cccc([11CH3])c2)n2cnnc2)cc1.[C-]#[N+]c1ccc(Nn2cnnc2)cc1.[Na+]. The number of aromatic nitrogens is 9. The standard InChI is InChI=1S/C17H15N5.C16H12N5.C9H7N5.C8H9.C7H7BrO.C7H6Br.C7H7O.12C4H9.BrH.Na.4Sn/c1-14-4-3-5-15(10-14)11-22(21-12-19-20-13-21)17-8-6-16(18-2)7-9-17;1-17-15-7-9-16(10-8-15)21(20-12-18-19-13-20)11-14-5-3-2-4-6-14;1-10-8-2-4-9(5-3-8)13-14-6-11-12-7-14;1-2-8-6-4-3-5-7-8;8-7-3-1-2-6(4-7)5-9;2*8-6-7-4-2-1-3-5-7;12*1-3-4-2;;;;;;/h3-10,12-13H,11H2,1H3;2-3,5-10,12-13H,11H2;2-7,13H;3-4,6-7H,2H2,1H3;1-4,9H,5H2;1-2,4-5H,6H2;1-2,4-5,8H,6H2;12*1,3-4H2,2H3;1H;;;;;/q;;;;;;;;;;;;;;;;;;;;+1;;;;/p-1/i1-1;;;;;;;;;;;;;;;;;;;;;;;;. The summed E-state index contributed by atoms with van der Waals surface area (Å²) in [4.78, 5) is 10.3. The summed E-state index contributed by atoms with van der Waals surface area (Å²) >= 11 is -2.18. The number of nitrogens with zero attached hydrogens (tertiary/aromatic N) is 14. The predicted octanol–water partition coefficient (Wildman–Crippen LogP) is 26.8. The van der Waals surface area contributed by atoms with Crippen molar-refractivity contribution in [2.75, 3.05) is 15.4 Å². The third kappa shape index (κ3) is 46.3. The molecule has 0 aliphatic heterocycles. The van der Waals surface area contributed by atoms with Crippen molar-refractivity contribution in [3.8, 4) is 0 Å². The fraction of sp³-hybridized carbons (Fsp3) is 0.471. The minimum absolute atomic E-state index is 0. The Morgan fingerprint density at radius 2 is 0.576 bits per heavy atom. The molecule has 9 aromatic carbocycles. The van der Waals surface area contributed by atoms with E-state index in [4.69, 9.17) is 24.8 Å². The summed E-state index contributed by atoms with van der Waals surface area (Å²) in [6.07, 6.45) is 44.1. The second kappa shape index (κ2) is 77.2. The van der Waals surface area contributed by atoms with Crippen LogP contribution < -0.4 is 76.3 Å². The molecule has 17 nitrogen and oxygen atoms in total. The molecule has 3 aromatic heterocycles. The van der Waals surface area contributed by atoms with Gasteiger partial charge in [-0.05, 0) is 54.4 Å². The molecule has 3 heterocycles. The summed E-state index contributed by atoms with van der Waals surface area (Å²) in [6.45, 7) is 55.3. The molecular weight excluding hydrogens is 2410 g/mol. The normalized spacial score (nSPS) is 10.9. The molecule has 0 saturated carbocycles. The Morgan fingerprint density at radius 1 is 0.319 bits per heavy atom. The van der Waals surface area contributed by atoms with Gasteiger partial charge in [0.1, 0.15) is 25.3 Å². The van der Waals surface area contributed by atoms with E-state index in [-0.39, 0.29) is 59.8 Å². The largest absolute Gasteiger partial charge is 1.00 e. The monoisotopic (exact) mass is 2580 g/mol. The van der Waals surface area contributed by atoms with Gasteiger partial charge in [-0.2, -0.15) is 0 Å². The van der Waals surface area contributed by atoms with Crippen molar-refractivity contribution < 1.29 is 56.8 Å². The number of nitrogens with one attached hydrogen (secondary N) is 1. The maximum atomic E-state index is 9.48. The quantitative estimate of drug-likeness (QED) is 0.0189. The number of hydrogen-bond acceptors (Lipinski definition) is 11. The van der Waals surface area contributed by atoms with Crippen molar-refractivity contribution in [3.05, 3.63) is 334 Å². The van der Waals surface area contributed by atoms with E-state index in [1.807, 2.05) is 97.9 Å². The van der Waals surface area contributed by atoms with Crippen molar-refractivity contribution >= 4 is 154 Å². The molecule has 3 N–H and O–H groups in total. The van der Waals surface area contributed by atoms with Crippen LogP contribution in [0.1, 0.15) is 283 Å². The minimum atomic E-state index is -2.49. The van der Waals surface area contributed by atoms with E-state index in [1.54, 1.807) is 97.7 Å². The predicted molar refractivity (Wildman–Crippen MR) is 623 cm³/mol. The van der Waals surface area contributed by atoms with Gasteiger partial charge in [0.05, 0.1) is 37.7 Å². The summed E-state index contributed by atoms with van der Waals surface area (Å²) in [6, 6.07) is 76.2. The van der Waals surface area contributed by atoms with Gasteiger partial charge in [0, 0.05) is 4.47 Å². The van der Waals surface area contributed by atoms with Gasteiger partial charge < -0.3 is 22.1 Å². The van der Waals surface area contributed by atoms with Gasteiger partial charge in [0.15, 0.2) is 11.4 Å². The van der Waals surface area contributed by atoms with E-state index >= 15 is 0 Å². The van der Waals surface area contributed by atoms with E-state index < -0.39 is 73.5 Å². The first-order valence-corrected chi connectivity index (χ1v) is 85.4. The van der Waals surface area contributed by atoms with E-state index in [2.05, 4.69) is 311 Å².